The fourth-order valence-electron chi connectivity index (χ4n) is 0. The van der Waals surface area contributed by atoms with Crippen LogP contribution >= 0.6 is 0 Å². The summed E-state index contributed by atoms with van der Waals surface area (Å²) >= 11 is 0. The number of nitrogens with one attached hydrogen (secondary N) is 1. The van der Waals surface area contributed by atoms with E-state index in [1.165, 1.54) is 0 Å². The summed E-state index contributed by atoms with van der Waals surface area (Å²) in [4.78, 5) is 8.12. The van der Waals surface area contributed by atoms with Gasteiger partial charge in [0, 0.05) is 5.34 Å². The minimum atomic E-state index is 0. The van der Waals surface area contributed by atoms with Crippen molar-refractivity contribution >= 4 is 29.6 Å². The summed E-state index contributed by atoms with van der Waals surface area (Å²) in [6, 6.07) is 0. The molecule has 0 saturated carbocycles. The van der Waals surface area contributed by atoms with E-state index in [0.29, 0.717) is 0 Å². The van der Waals surface area contributed by atoms with E-state index in [-0.39, 0.29) is 34.9 Å². The first kappa shape index (κ1) is 16.2. The molecule has 0 spiro atoms. The molecule has 0 bridgehead atoms. The van der Waals surface area contributed by atoms with E-state index >= 15 is 0 Å². The van der Waals surface area contributed by atoms with Crippen LogP contribution in [0.2, 0.25) is 0 Å². The number of hydrogen-bond donors (Lipinski definition) is 3. The van der Waals surface area contributed by atoms with Gasteiger partial charge in [0.2, 0.25) is 0 Å². The van der Waals surface area contributed by atoms with Crippen molar-refractivity contribution in [2.45, 2.75) is 0 Å². The fraction of sp³-hybridized carbons (Fsp3) is 0. The monoisotopic (exact) mass is 105 g/mol. The van der Waals surface area contributed by atoms with Gasteiger partial charge in [-0.3, -0.25) is 20.6 Å². The van der Waals surface area contributed by atoms with E-state index in [9.17, 15) is 0 Å². The van der Waals surface area contributed by atoms with Crippen molar-refractivity contribution in [2.75, 3.05) is 0 Å². The van der Waals surface area contributed by atoms with Crippen molar-refractivity contribution in [1.29, 1.82) is 0 Å². The second-order valence-corrected chi connectivity index (χ2v) is 0.0833. The fourth-order valence-corrected chi connectivity index (χ4v) is 0. The van der Waals surface area contributed by atoms with Crippen LogP contribution in [-0.2, 0) is 0 Å². The van der Waals surface area contributed by atoms with Crippen molar-refractivity contribution in [3.8, 4) is 0 Å². The van der Waals surface area contributed by atoms with Crippen molar-refractivity contribution in [3.05, 3.63) is 10.1 Å². The molecule has 0 aliphatic heterocycles. The van der Waals surface area contributed by atoms with Gasteiger partial charge in [0.15, 0.2) is 0 Å². The molecule has 3 N–H and O–H groups in total. The van der Waals surface area contributed by atoms with Crippen LogP contribution in [0.4, 0.5) is 0 Å². The zero-order chi connectivity index (χ0) is 4.71. The van der Waals surface area contributed by atoms with Gasteiger partial charge in [-0.25, -0.2) is 0 Å². The Labute approximate surface area is 55.8 Å². The first-order valence-electron chi connectivity index (χ1n) is 0.608. The molecule has 0 aliphatic rings. The van der Waals surface area contributed by atoms with Crippen LogP contribution in [0.3, 0.4) is 0 Å². The third kappa shape index (κ3) is 465. The third-order valence-electron chi connectivity index (χ3n) is 0. The van der Waals surface area contributed by atoms with E-state index in [1.54, 1.807) is 0 Å². The van der Waals surface area contributed by atoms with Gasteiger partial charge in [-0.2, -0.15) is 0 Å². The molecule has 0 unspecified atom stereocenters. The van der Waals surface area contributed by atoms with Crippen molar-refractivity contribution in [1.82, 2.24) is 0 Å². The Morgan fingerprint density at radius 3 is 1.50 bits per heavy atom. The zero-order valence-electron chi connectivity index (χ0n) is 2.21. The maximum absolute atomic E-state index is 8.12. The van der Waals surface area contributed by atoms with Gasteiger partial charge in [0.25, 0.3) is 0 Å². The van der Waals surface area contributed by atoms with E-state index < -0.39 is 0 Å². The van der Waals surface area contributed by atoms with Crippen LogP contribution in [0.1, 0.15) is 0 Å². The third-order valence-corrected chi connectivity index (χ3v) is 0. The summed E-state index contributed by atoms with van der Waals surface area (Å²) in [6.45, 7) is 0. The second-order valence-electron chi connectivity index (χ2n) is 0.0833. The zero-order valence-corrected chi connectivity index (χ0v) is 2.21. The summed E-state index contributed by atoms with van der Waals surface area (Å²) < 4.78 is 0. The van der Waals surface area contributed by atoms with E-state index in [1.807, 2.05) is 0 Å². The molecule has 0 aromatic carbocycles. The molecule has 0 radical (unpaired) electrons. The SMILES string of the molecule is O=[NH+][O-].OO.[NaH]. The molecule has 0 fully saturated rings. The van der Waals surface area contributed by atoms with Crippen LogP contribution in [0, 0.1) is 10.1 Å². The molecule has 0 aromatic heterocycles. The Morgan fingerprint density at radius 2 is 1.50 bits per heavy atom. The molecule has 0 saturated heterocycles. The van der Waals surface area contributed by atoms with Gasteiger partial charge in [0.1, 0.15) is 0 Å². The predicted octanol–water partition coefficient (Wildman–Crippen LogP) is -2.30. The Kier molecular flexibility index (Phi) is 154. The molecule has 0 rings (SSSR count). The molecule has 0 aromatic rings. The van der Waals surface area contributed by atoms with E-state index in [0.717, 1.165) is 0 Å². The standard InChI is InChI=1S/HNO2.Na.H2O2.H/c2-1-3;;1-2;/h1H;;1-2H;. The first-order valence-corrected chi connectivity index (χ1v) is 0.608. The summed E-state index contributed by atoms with van der Waals surface area (Å²) in [6.07, 6.45) is 0. The van der Waals surface area contributed by atoms with Gasteiger partial charge in [-0.1, -0.05) is 0 Å². The molecule has 0 heterocycles. The summed E-state index contributed by atoms with van der Waals surface area (Å²) in [5.41, 5.74) is 0. The van der Waals surface area contributed by atoms with Crippen molar-refractivity contribution in [3.63, 3.8) is 0 Å². The molecule has 0 aliphatic carbocycles. The number of rotatable bonds is 0. The average molecular weight is 105 g/mol. The van der Waals surface area contributed by atoms with E-state index in [2.05, 4.69) is 0 Å². The quantitative estimate of drug-likeness (QED) is 0.140. The van der Waals surface area contributed by atoms with Gasteiger partial charge < -0.3 is 0 Å². The Hall–Kier alpha value is 0.320. The van der Waals surface area contributed by atoms with Gasteiger partial charge in [0.05, 0.1) is 0 Å². The summed E-state index contributed by atoms with van der Waals surface area (Å²) in [5, 5.41) is 20.4. The van der Waals surface area contributed by atoms with Crippen LogP contribution in [0.25, 0.3) is 0 Å². The molecule has 6 heavy (non-hydrogen) atoms. The van der Waals surface area contributed by atoms with Crippen molar-refractivity contribution < 1.29 is 15.9 Å². The molecule has 34 valence electrons. The Balaban J connectivity index is -0.0000000275. The van der Waals surface area contributed by atoms with Gasteiger partial charge in [-0.15, -0.1) is 0 Å². The molecular formula is H4NNaO4. The van der Waals surface area contributed by atoms with Crippen LogP contribution in [0.5, 0.6) is 0 Å². The van der Waals surface area contributed by atoms with Crippen molar-refractivity contribution in [2.24, 2.45) is 0 Å². The second kappa shape index (κ2) is 57.0. The van der Waals surface area contributed by atoms with Gasteiger partial charge >= 0.3 is 29.6 Å². The van der Waals surface area contributed by atoms with Gasteiger partial charge in [-0.05, 0) is 0 Å². The maximum atomic E-state index is 8.12. The Bertz CT molecular complexity index is 15.0. The molecule has 0 atom stereocenters. The summed E-state index contributed by atoms with van der Waals surface area (Å²) in [5.74, 6) is 0. The molecule has 6 heteroatoms. The first-order chi connectivity index (χ1) is 2.41. The topological polar surface area (TPSA) is 94.6 Å². The predicted molar refractivity (Wildman–Crippen MR) is 20.1 cm³/mol. The molecule has 0 amide bonds. The van der Waals surface area contributed by atoms with E-state index in [4.69, 9.17) is 20.6 Å². The number of hydrogen-bond acceptors (Lipinski definition) is 4. The van der Waals surface area contributed by atoms with Crippen LogP contribution in [0.15, 0.2) is 0 Å². The normalized spacial score (nSPS) is 3.00. The summed E-state index contributed by atoms with van der Waals surface area (Å²) in [7, 11) is 0. The van der Waals surface area contributed by atoms with Crippen LogP contribution < -0.4 is 5.34 Å². The average Bonchev–Trinajstić information content (AvgIpc) is 1.46. The molecular weight excluding hydrogens is 101 g/mol. The van der Waals surface area contributed by atoms with Crippen LogP contribution in [-0.4, -0.2) is 40.1 Å². The molecule has 5 nitrogen and oxygen atoms in total. The minimum absolute atomic E-state index is 0. The Morgan fingerprint density at radius 1 is 1.50 bits per heavy atom.